The minimum absolute atomic E-state index is 0.0685. The molecule has 0 radical (unpaired) electrons. The molecule has 1 aromatic carbocycles. The zero-order valence-corrected chi connectivity index (χ0v) is 8.93. The number of halogens is 4. The molecule has 3 nitrogen and oxygen atoms in total. The maximum Gasteiger partial charge on any atom is 0.407 e. The SMILES string of the molecule is Nc1ccc(Br)c([C@H](N)C(F)(F)F)c1O. The molecular formula is C8H8BrF3N2O. The van der Waals surface area contributed by atoms with Crippen molar-refractivity contribution in [1.29, 1.82) is 0 Å². The lowest BCUT2D eigenvalue weighted by Crippen LogP contribution is -2.29. The van der Waals surface area contributed by atoms with E-state index in [0.29, 0.717) is 0 Å². The zero-order chi connectivity index (χ0) is 11.8. The first kappa shape index (κ1) is 12.1. The molecule has 0 aromatic heterocycles. The highest BCUT2D eigenvalue weighted by Crippen LogP contribution is 2.41. The molecular weight excluding hydrogens is 277 g/mol. The van der Waals surface area contributed by atoms with Gasteiger partial charge in [-0.3, -0.25) is 0 Å². The highest BCUT2D eigenvalue weighted by Gasteiger charge is 2.40. The number of nitrogen functional groups attached to an aromatic ring is 1. The van der Waals surface area contributed by atoms with Gasteiger partial charge in [0.15, 0.2) is 0 Å². The van der Waals surface area contributed by atoms with E-state index in [9.17, 15) is 18.3 Å². The number of phenols is 1. The molecule has 84 valence electrons. The molecule has 0 aliphatic heterocycles. The Kier molecular flexibility index (Phi) is 3.15. The van der Waals surface area contributed by atoms with Gasteiger partial charge >= 0.3 is 6.18 Å². The van der Waals surface area contributed by atoms with Crippen LogP contribution in [0.5, 0.6) is 5.75 Å². The minimum Gasteiger partial charge on any atom is -0.505 e. The molecule has 0 bridgehead atoms. The Morgan fingerprint density at radius 1 is 1.33 bits per heavy atom. The van der Waals surface area contributed by atoms with E-state index < -0.39 is 23.5 Å². The Labute approximate surface area is 92.0 Å². The summed E-state index contributed by atoms with van der Waals surface area (Å²) in [4.78, 5) is 0. The van der Waals surface area contributed by atoms with E-state index in [1.807, 2.05) is 0 Å². The predicted molar refractivity (Wildman–Crippen MR) is 53.2 cm³/mol. The monoisotopic (exact) mass is 284 g/mol. The fourth-order valence-corrected chi connectivity index (χ4v) is 1.63. The van der Waals surface area contributed by atoms with Gasteiger partial charge in [-0.15, -0.1) is 0 Å². The summed E-state index contributed by atoms with van der Waals surface area (Å²) >= 11 is 2.88. The van der Waals surface area contributed by atoms with E-state index in [1.165, 1.54) is 12.1 Å². The summed E-state index contributed by atoms with van der Waals surface area (Å²) in [6, 6.07) is 0.317. The lowest BCUT2D eigenvalue weighted by atomic mass is 10.1. The normalized spacial score (nSPS) is 13.9. The minimum atomic E-state index is -4.63. The highest BCUT2D eigenvalue weighted by molar-refractivity contribution is 9.10. The van der Waals surface area contributed by atoms with Gasteiger partial charge in [0, 0.05) is 10.0 Å². The van der Waals surface area contributed by atoms with Crippen molar-refractivity contribution in [1.82, 2.24) is 0 Å². The van der Waals surface area contributed by atoms with E-state index in [-0.39, 0.29) is 10.2 Å². The number of nitrogens with two attached hydrogens (primary N) is 2. The number of aromatic hydroxyl groups is 1. The van der Waals surface area contributed by atoms with E-state index in [4.69, 9.17) is 11.5 Å². The van der Waals surface area contributed by atoms with Crippen molar-refractivity contribution in [3.05, 3.63) is 22.2 Å². The smallest absolute Gasteiger partial charge is 0.407 e. The number of alkyl halides is 3. The van der Waals surface area contributed by atoms with Gasteiger partial charge in [-0.2, -0.15) is 13.2 Å². The van der Waals surface area contributed by atoms with Crippen LogP contribution in [0.2, 0.25) is 0 Å². The van der Waals surface area contributed by atoms with E-state index in [2.05, 4.69) is 15.9 Å². The number of rotatable bonds is 1. The first-order valence-corrected chi connectivity index (χ1v) is 4.63. The standard InChI is InChI=1S/C8H8BrF3N2O/c9-3-1-2-4(13)6(15)5(3)7(14)8(10,11)12/h1-2,7,15H,13-14H2/t7-/m0/s1. The average Bonchev–Trinajstić information content (AvgIpc) is 2.10. The molecule has 15 heavy (non-hydrogen) atoms. The Bertz CT molecular complexity index is 381. The molecule has 1 rings (SSSR count). The first-order valence-electron chi connectivity index (χ1n) is 3.84. The summed E-state index contributed by atoms with van der Waals surface area (Å²) in [5.41, 5.74) is 9.65. The predicted octanol–water partition coefficient (Wildman–Crippen LogP) is 2.30. The summed E-state index contributed by atoms with van der Waals surface area (Å²) in [6.45, 7) is 0. The summed E-state index contributed by atoms with van der Waals surface area (Å²) in [5.74, 6) is -0.644. The third-order valence-electron chi connectivity index (χ3n) is 1.86. The fraction of sp³-hybridized carbons (Fsp3) is 0.250. The molecule has 1 aromatic rings. The molecule has 7 heteroatoms. The molecule has 0 saturated carbocycles. The Hall–Kier alpha value is -0.950. The quantitative estimate of drug-likeness (QED) is 0.547. The molecule has 0 aliphatic rings. The van der Waals surface area contributed by atoms with E-state index in [0.717, 1.165) is 0 Å². The van der Waals surface area contributed by atoms with Gasteiger partial charge in [0.1, 0.15) is 11.8 Å². The van der Waals surface area contributed by atoms with Crippen LogP contribution >= 0.6 is 15.9 Å². The number of phenolic OH excluding ortho intramolecular Hbond substituents is 1. The van der Waals surface area contributed by atoms with Gasteiger partial charge in [-0.25, -0.2) is 0 Å². The highest BCUT2D eigenvalue weighted by atomic mass is 79.9. The lowest BCUT2D eigenvalue weighted by Gasteiger charge is -2.19. The third kappa shape index (κ3) is 2.35. The number of benzene rings is 1. The van der Waals surface area contributed by atoms with E-state index >= 15 is 0 Å². The number of anilines is 1. The number of hydrogen-bond donors (Lipinski definition) is 3. The molecule has 0 spiro atoms. The van der Waals surface area contributed by atoms with Crippen molar-refractivity contribution in [2.24, 2.45) is 5.73 Å². The van der Waals surface area contributed by atoms with Crippen LogP contribution < -0.4 is 11.5 Å². The molecule has 0 saturated heterocycles. The molecule has 0 aliphatic carbocycles. The van der Waals surface area contributed by atoms with Gasteiger partial charge in [0.2, 0.25) is 0 Å². The van der Waals surface area contributed by atoms with Gasteiger partial charge in [0.05, 0.1) is 5.69 Å². The summed E-state index contributed by atoms with van der Waals surface area (Å²) < 4.78 is 37.1. The van der Waals surface area contributed by atoms with Crippen molar-refractivity contribution in [2.45, 2.75) is 12.2 Å². The van der Waals surface area contributed by atoms with Crippen LogP contribution in [0.15, 0.2) is 16.6 Å². The second-order valence-corrected chi connectivity index (χ2v) is 3.77. The molecule has 0 amide bonds. The summed E-state index contributed by atoms with van der Waals surface area (Å²) in [5, 5.41) is 9.38. The van der Waals surface area contributed by atoms with Gasteiger partial charge in [0.25, 0.3) is 0 Å². The number of hydrogen-bond acceptors (Lipinski definition) is 3. The van der Waals surface area contributed by atoms with Crippen molar-refractivity contribution in [3.8, 4) is 5.75 Å². The van der Waals surface area contributed by atoms with Crippen molar-refractivity contribution in [3.63, 3.8) is 0 Å². The Morgan fingerprint density at radius 2 is 1.87 bits per heavy atom. The Morgan fingerprint density at radius 3 is 2.33 bits per heavy atom. The topological polar surface area (TPSA) is 72.3 Å². The molecule has 0 heterocycles. The van der Waals surface area contributed by atoms with Crippen molar-refractivity contribution >= 4 is 21.6 Å². The fourth-order valence-electron chi connectivity index (χ4n) is 1.06. The first-order chi connectivity index (χ1) is 6.75. The zero-order valence-electron chi connectivity index (χ0n) is 7.35. The van der Waals surface area contributed by atoms with Crippen LogP contribution in [0.25, 0.3) is 0 Å². The molecule has 5 N–H and O–H groups in total. The van der Waals surface area contributed by atoms with Crippen molar-refractivity contribution in [2.75, 3.05) is 5.73 Å². The largest absolute Gasteiger partial charge is 0.505 e. The molecule has 1 atom stereocenters. The summed E-state index contributed by atoms with van der Waals surface area (Å²) in [6.07, 6.45) is -4.63. The van der Waals surface area contributed by atoms with Crippen LogP contribution in [0.4, 0.5) is 18.9 Å². The maximum absolute atomic E-state index is 12.3. The molecule has 0 unspecified atom stereocenters. The second kappa shape index (κ2) is 3.90. The van der Waals surface area contributed by atoms with Gasteiger partial charge < -0.3 is 16.6 Å². The van der Waals surface area contributed by atoms with Crippen LogP contribution in [-0.2, 0) is 0 Å². The average molecular weight is 285 g/mol. The maximum atomic E-state index is 12.3. The van der Waals surface area contributed by atoms with Crippen LogP contribution in [0.1, 0.15) is 11.6 Å². The molecule has 0 fully saturated rings. The lowest BCUT2D eigenvalue weighted by molar-refractivity contribution is -0.149. The Balaban J connectivity index is 3.31. The van der Waals surface area contributed by atoms with Gasteiger partial charge in [-0.05, 0) is 12.1 Å². The summed E-state index contributed by atoms with van der Waals surface area (Å²) in [7, 11) is 0. The second-order valence-electron chi connectivity index (χ2n) is 2.92. The third-order valence-corrected chi connectivity index (χ3v) is 2.55. The van der Waals surface area contributed by atoms with Crippen LogP contribution in [-0.4, -0.2) is 11.3 Å². The van der Waals surface area contributed by atoms with Crippen LogP contribution in [0.3, 0.4) is 0 Å². The van der Waals surface area contributed by atoms with Gasteiger partial charge in [-0.1, -0.05) is 15.9 Å². The van der Waals surface area contributed by atoms with Crippen LogP contribution in [0, 0.1) is 0 Å². The van der Waals surface area contributed by atoms with Crippen molar-refractivity contribution < 1.29 is 18.3 Å². The van der Waals surface area contributed by atoms with E-state index in [1.54, 1.807) is 0 Å².